The van der Waals surface area contributed by atoms with Crippen LogP contribution in [0.15, 0.2) is 0 Å². The van der Waals surface area contributed by atoms with E-state index < -0.39 is 17.4 Å². The van der Waals surface area contributed by atoms with Crippen LogP contribution in [0.3, 0.4) is 0 Å². The number of esters is 2. The molecular formula is C8H15O3P. The van der Waals surface area contributed by atoms with E-state index in [0.29, 0.717) is 6.16 Å². The monoisotopic (exact) mass is 190 g/mol. The van der Waals surface area contributed by atoms with Crippen molar-refractivity contribution in [2.75, 3.05) is 6.16 Å². The minimum atomic E-state index is -0.588. The summed E-state index contributed by atoms with van der Waals surface area (Å²) in [4.78, 5) is 21.9. The molecule has 0 aromatic carbocycles. The van der Waals surface area contributed by atoms with Gasteiger partial charge in [0, 0.05) is 6.42 Å². The van der Waals surface area contributed by atoms with Crippen LogP contribution in [0.2, 0.25) is 0 Å². The van der Waals surface area contributed by atoms with E-state index in [2.05, 4.69) is 14.0 Å². The van der Waals surface area contributed by atoms with Gasteiger partial charge in [0.25, 0.3) is 0 Å². The fraction of sp³-hybridized carbons (Fsp3) is 0.750. The molecule has 0 aliphatic carbocycles. The lowest BCUT2D eigenvalue weighted by atomic mass is 9.97. The zero-order valence-corrected chi connectivity index (χ0v) is 8.87. The Balaban J connectivity index is 4.13. The fourth-order valence-corrected chi connectivity index (χ4v) is 0.564. The molecule has 0 saturated carbocycles. The van der Waals surface area contributed by atoms with Gasteiger partial charge < -0.3 is 4.74 Å². The third-order valence-electron chi connectivity index (χ3n) is 1.56. The maximum Gasteiger partial charge on any atom is 0.319 e. The van der Waals surface area contributed by atoms with Gasteiger partial charge in [-0.3, -0.25) is 9.59 Å². The molecule has 0 spiro atoms. The molecule has 4 heteroatoms. The summed E-state index contributed by atoms with van der Waals surface area (Å²) in [6.07, 6.45) is 0.821. The first-order valence-electron chi connectivity index (χ1n) is 3.89. The molecule has 1 unspecified atom stereocenters. The van der Waals surface area contributed by atoms with Gasteiger partial charge >= 0.3 is 11.9 Å². The molecule has 0 fully saturated rings. The van der Waals surface area contributed by atoms with Crippen molar-refractivity contribution in [1.82, 2.24) is 0 Å². The van der Waals surface area contributed by atoms with Gasteiger partial charge in [0.2, 0.25) is 0 Å². The number of rotatable bonds is 3. The van der Waals surface area contributed by atoms with Crippen molar-refractivity contribution in [3.8, 4) is 0 Å². The Kier molecular flexibility index (Phi) is 4.40. The number of ether oxygens (including phenoxy) is 1. The lowest BCUT2D eigenvalue weighted by molar-refractivity contribution is -0.165. The lowest BCUT2D eigenvalue weighted by Gasteiger charge is -2.18. The normalized spacial score (nSPS) is 11.0. The van der Waals surface area contributed by atoms with E-state index in [1.54, 1.807) is 20.8 Å². The van der Waals surface area contributed by atoms with Crippen LogP contribution in [0.4, 0.5) is 0 Å². The molecule has 0 aliphatic rings. The molecule has 1 atom stereocenters. The van der Waals surface area contributed by atoms with Crippen molar-refractivity contribution in [3.05, 3.63) is 0 Å². The van der Waals surface area contributed by atoms with E-state index in [1.165, 1.54) is 0 Å². The molecule has 0 N–H and O–H groups in total. The van der Waals surface area contributed by atoms with Crippen LogP contribution in [0.25, 0.3) is 0 Å². The average molecular weight is 190 g/mol. The van der Waals surface area contributed by atoms with E-state index >= 15 is 0 Å². The van der Waals surface area contributed by atoms with E-state index in [4.69, 9.17) is 0 Å². The third kappa shape index (κ3) is 3.31. The first-order valence-corrected chi connectivity index (χ1v) is 4.71. The quantitative estimate of drug-likeness (QED) is 0.383. The van der Waals surface area contributed by atoms with Crippen LogP contribution in [0, 0.1) is 5.41 Å². The molecule has 0 aliphatic heterocycles. The maximum atomic E-state index is 11.2. The first kappa shape index (κ1) is 11.6. The minimum Gasteiger partial charge on any atom is -0.393 e. The Morgan fingerprint density at radius 1 is 1.42 bits per heavy atom. The Labute approximate surface area is 75.1 Å². The second-order valence-corrected chi connectivity index (χ2v) is 3.61. The van der Waals surface area contributed by atoms with Gasteiger partial charge in [-0.2, -0.15) is 0 Å². The van der Waals surface area contributed by atoms with E-state index in [1.807, 2.05) is 0 Å². The molecule has 0 amide bonds. The van der Waals surface area contributed by atoms with Crippen molar-refractivity contribution in [3.63, 3.8) is 0 Å². The molecule has 0 saturated heterocycles. The number of carbonyl (C=O) groups is 2. The summed E-state index contributed by atoms with van der Waals surface area (Å²) in [5.74, 6) is -0.920. The van der Waals surface area contributed by atoms with Crippen molar-refractivity contribution >= 4 is 21.2 Å². The standard InChI is InChI=1S/C8H15O3P/c1-4-6(9)11-7(10)8(2,3)5-12/h4-5,12H2,1-3H3. The lowest BCUT2D eigenvalue weighted by Crippen LogP contribution is -2.29. The van der Waals surface area contributed by atoms with E-state index in [-0.39, 0.29) is 6.42 Å². The van der Waals surface area contributed by atoms with Crippen LogP contribution >= 0.6 is 9.24 Å². The summed E-state index contributed by atoms with van der Waals surface area (Å²) in [6, 6.07) is 0. The Hall–Kier alpha value is -0.430. The summed E-state index contributed by atoms with van der Waals surface area (Å²) in [7, 11) is 2.46. The molecule has 12 heavy (non-hydrogen) atoms. The van der Waals surface area contributed by atoms with Crippen LogP contribution in [-0.4, -0.2) is 18.1 Å². The van der Waals surface area contributed by atoms with Gasteiger partial charge in [-0.1, -0.05) is 6.92 Å². The van der Waals surface area contributed by atoms with Crippen molar-refractivity contribution in [1.29, 1.82) is 0 Å². The molecule has 0 aromatic rings. The molecule has 0 rings (SSSR count). The summed E-state index contributed by atoms with van der Waals surface area (Å²) < 4.78 is 4.56. The summed E-state index contributed by atoms with van der Waals surface area (Å²) in [5.41, 5.74) is -0.588. The highest BCUT2D eigenvalue weighted by molar-refractivity contribution is 7.16. The maximum absolute atomic E-state index is 11.2. The fourth-order valence-electron chi connectivity index (χ4n) is 0.397. The van der Waals surface area contributed by atoms with Gasteiger partial charge in [-0.05, 0) is 20.0 Å². The Morgan fingerprint density at radius 3 is 2.25 bits per heavy atom. The first-order chi connectivity index (χ1) is 5.44. The predicted molar refractivity (Wildman–Crippen MR) is 49.7 cm³/mol. The van der Waals surface area contributed by atoms with Crippen LogP contribution < -0.4 is 0 Å². The third-order valence-corrected chi connectivity index (χ3v) is 2.58. The number of carbonyl (C=O) groups excluding carboxylic acids is 2. The molecule has 0 bridgehead atoms. The van der Waals surface area contributed by atoms with Crippen LogP contribution in [0.5, 0.6) is 0 Å². The van der Waals surface area contributed by atoms with Crippen LogP contribution in [-0.2, 0) is 14.3 Å². The van der Waals surface area contributed by atoms with Gasteiger partial charge in [-0.15, -0.1) is 9.24 Å². The summed E-state index contributed by atoms with van der Waals surface area (Å²) in [5, 5.41) is 0. The zero-order chi connectivity index (χ0) is 9.78. The number of hydrogen-bond donors (Lipinski definition) is 0. The predicted octanol–water partition coefficient (Wildman–Crippen LogP) is 1.37. The molecule has 3 nitrogen and oxygen atoms in total. The SMILES string of the molecule is CCC(=O)OC(=O)C(C)(C)CP. The smallest absolute Gasteiger partial charge is 0.319 e. The molecular weight excluding hydrogens is 175 g/mol. The Bertz CT molecular complexity index is 187. The van der Waals surface area contributed by atoms with E-state index in [9.17, 15) is 9.59 Å². The summed E-state index contributed by atoms with van der Waals surface area (Å²) >= 11 is 0. The van der Waals surface area contributed by atoms with Crippen LogP contribution in [0.1, 0.15) is 27.2 Å². The van der Waals surface area contributed by atoms with Gasteiger partial charge in [0.05, 0.1) is 5.41 Å². The molecule has 0 heterocycles. The number of hydrogen-bond acceptors (Lipinski definition) is 3. The summed E-state index contributed by atoms with van der Waals surface area (Å²) in [6.45, 7) is 5.14. The molecule has 70 valence electrons. The van der Waals surface area contributed by atoms with Crippen molar-refractivity contribution in [2.24, 2.45) is 5.41 Å². The van der Waals surface area contributed by atoms with Gasteiger partial charge in [0.15, 0.2) is 0 Å². The average Bonchev–Trinajstić information content (AvgIpc) is 2.04. The van der Waals surface area contributed by atoms with E-state index in [0.717, 1.165) is 0 Å². The molecule has 0 radical (unpaired) electrons. The largest absolute Gasteiger partial charge is 0.393 e. The second kappa shape index (κ2) is 4.56. The minimum absolute atomic E-state index is 0.235. The zero-order valence-electron chi connectivity index (χ0n) is 7.72. The highest BCUT2D eigenvalue weighted by atomic mass is 31.0. The topological polar surface area (TPSA) is 43.4 Å². The van der Waals surface area contributed by atoms with Crippen molar-refractivity contribution < 1.29 is 14.3 Å². The second-order valence-electron chi connectivity index (χ2n) is 3.20. The highest BCUT2D eigenvalue weighted by Crippen LogP contribution is 2.20. The molecule has 0 aromatic heterocycles. The van der Waals surface area contributed by atoms with Gasteiger partial charge in [-0.25, -0.2) is 0 Å². The highest BCUT2D eigenvalue weighted by Gasteiger charge is 2.28. The Morgan fingerprint density at radius 2 is 1.92 bits per heavy atom. The van der Waals surface area contributed by atoms with Crippen molar-refractivity contribution in [2.45, 2.75) is 27.2 Å². The van der Waals surface area contributed by atoms with Gasteiger partial charge in [0.1, 0.15) is 0 Å².